The summed E-state index contributed by atoms with van der Waals surface area (Å²) in [5.74, 6) is 0. The van der Waals surface area contributed by atoms with Gasteiger partial charge in [-0.2, -0.15) is 0 Å². The van der Waals surface area contributed by atoms with Crippen molar-refractivity contribution < 1.29 is 0 Å². The van der Waals surface area contributed by atoms with Crippen LogP contribution < -0.4 is 9.80 Å². The molecule has 306 valence electrons. The molecular weight excluding hydrogens is 773 g/mol. The van der Waals surface area contributed by atoms with Crippen LogP contribution in [0.5, 0.6) is 0 Å². The largest absolute Gasteiger partial charge is 0.309 e. The second-order valence-electron chi connectivity index (χ2n) is 18.5. The Morgan fingerprint density at radius 3 is 0.734 bits per heavy atom. The minimum atomic E-state index is -0.332. The Morgan fingerprint density at radius 1 is 0.234 bits per heavy atom. The molecule has 0 saturated carbocycles. The van der Waals surface area contributed by atoms with Crippen LogP contribution in [0.15, 0.2) is 218 Å². The standard InChI is InChI=1S/C62H48N2/c1-61(2)55-37-51-47-33-19-17-31-45(47)46-32-18-20-34-48(46)52(51)38-56(55)62(3,4)58-40-54-53(39-57(58)61)59(63(41-23-9-5-10-24-41)42-25-11-6-12-26-42)49-35-21-22-36-50(49)60(54)64(43-27-13-7-14-28-43)44-29-15-8-16-30-44/h5-40H,1-4H3. The fourth-order valence-electron chi connectivity index (χ4n) is 11.1. The molecule has 0 fully saturated rings. The van der Waals surface area contributed by atoms with E-state index in [1.807, 2.05) is 0 Å². The maximum Gasteiger partial charge on any atom is 0.0620 e. The molecule has 11 aromatic carbocycles. The lowest BCUT2D eigenvalue weighted by Crippen LogP contribution is -2.36. The molecule has 12 rings (SSSR count). The molecule has 11 aromatic rings. The van der Waals surface area contributed by atoms with Crippen molar-refractivity contribution in [3.63, 3.8) is 0 Å². The first-order chi connectivity index (χ1) is 31.3. The normalized spacial score (nSPS) is 13.9. The molecule has 0 radical (unpaired) electrons. The minimum absolute atomic E-state index is 0.332. The molecule has 0 bridgehead atoms. The third kappa shape index (κ3) is 5.65. The molecule has 0 N–H and O–H groups in total. The van der Waals surface area contributed by atoms with Gasteiger partial charge in [0.05, 0.1) is 11.4 Å². The van der Waals surface area contributed by atoms with E-state index in [1.165, 1.54) is 87.5 Å². The Labute approximate surface area is 375 Å². The summed E-state index contributed by atoms with van der Waals surface area (Å²) in [5, 5.41) is 12.6. The number of hydrogen-bond donors (Lipinski definition) is 0. The lowest BCUT2D eigenvalue weighted by molar-refractivity contribution is 0.523. The van der Waals surface area contributed by atoms with Gasteiger partial charge in [0.1, 0.15) is 0 Å². The summed E-state index contributed by atoms with van der Waals surface area (Å²) in [7, 11) is 0. The zero-order chi connectivity index (χ0) is 43.2. The highest BCUT2D eigenvalue weighted by Gasteiger charge is 2.43. The molecule has 0 heterocycles. The fraction of sp³-hybridized carbons (Fsp3) is 0.0968. The predicted octanol–water partition coefficient (Wildman–Crippen LogP) is 17.4. The van der Waals surface area contributed by atoms with Gasteiger partial charge in [-0.15, -0.1) is 0 Å². The average molecular weight is 821 g/mol. The number of rotatable bonds is 6. The van der Waals surface area contributed by atoms with Crippen molar-refractivity contribution >= 4 is 88.0 Å². The summed E-state index contributed by atoms with van der Waals surface area (Å²) < 4.78 is 0. The third-order valence-electron chi connectivity index (χ3n) is 14.2. The van der Waals surface area contributed by atoms with E-state index in [0.717, 1.165) is 22.7 Å². The first-order valence-corrected chi connectivity index (χ1v) is 22.5. The summed E-state index contributed by atoms with van der Waals surface area (Å²) in [6, 6.07) is 80.8. The third-order valence-corrected chi connectivity index (χ3v) is 14.2. The number of nitrogens with zero attached hydrogens (tertiary/aromatic N) is 2. The fourth-order valence-corrected chi connectivity index (χ4v) is 11.1. The Morgan fingerprint density at radius 2 is 0.453 bits per heavy atom. The average Bonchev–Trinajstić information content (AvgIpc) is 3.35. The summed E-state index contributed by atoms with van der Waals surface area (Å²) in [6.07, 6.45) is 0. The van der Waals surface area contributed by atoms with Gasteiger partial charge in [0.2, 0.25) is 0 Å². The quantitative estimate of drug-likeness (QED) is 0.0937. The topological polar surface area (TPSA) is 6.48 Å². The highest BCUT2D eigenvalue weighted by Crippen LogP contribution is 2.57. The van der Waals surface area contributed by atoms with E-state index in [1.54, 1.807) is 0 Å². The molecule has 0 aromatic heterocycles. The van der Waals surface area contributed by atoms with Crippen LogP contribution in [0.2, 0.25) is 0 Å². The van der Waals surface area contributed by atoms with Crippen LogP contribution in [0, 0.1) is 0 Å². The van der Waals surface area contributed by atoms with Crippen LogP contribution in [0.4, 0.5) is 34.1 Å². The summed E-state index contributed by atoms with van der Waals surface area (Å²) in [5.41, 5.74) is 11.6. The molecule has 0 amide bonds. The van der Waals surface area contributed by atoms with E-state index in [-0.39, 0.29) is 10.8 Å². The predicted molar refractivity (Wildman–Crippen MR) is 274 cm³/mol. The molecule has 0 saturated heterocycles. The number of benzene rings is 11. The van der Waals surface area contributed by atoms with Gasteiger partial charge in [-0.25, -0.2) is 0 Å². The van der Waals surface area contributed by atoms with Gasteiger partial charge in [-0.05, 0) is 127 Å². The van der Waals surface area contributed by atoms with Crippen molar-refractivity contribution in [3.05, 3.63) is 241 Å². The SMILES string of the molecule is CC1(C)c2cc3c(N(c4ccccc4)c4ccccc4)c4ccccc4c(N(c4ccccc4)c4ccccc4)c3cc2C(C)(C)c2cc3c4ccccc4c4ccccc4c3cc21. The van der Waals surface area contributed by atoms with Crippen LogP contribution in [0.25, 0.3) is 53.9 Å². The van der Waals surface area contributed by atoms with Gasteiger partial charge in [0.25, 0.3) is 0 Å². The van der Waals surface area contributed by atoms with Gasteiger partial charge in [-0.1, -0.05) is 173 Å². The van der Waals surface area contributed by atoms with Crippen LogP contribution in [-0.2, 0) is 10.8 Å². The van der Waals surface area contributed by atoms with Crippen LogP contribution in [-0.4, -0.2) is 0 Å². The van der Waals surface area contributed by atoms with Crippen molar-refractivity contribution in [3.8, 4) is 0 Å². The molecule has 0 unspecified atom stereocenters. The maximum atomic E-state index is 2.58. The zero-order valence-electron chi connectivity index (χ0n) is 36.7. The molecule has 1 aliphatic rings. The summed E-state index contributed by atoms with van der Waals surface area (Å²) >= 11 is 0. The van der Waals surface area contributed by atoms with E-state index in [0.29, 0.717) is 0 Å². The summed E-state index contributed by atoms with van der Waals surface area (Å²) in [4.78, 5) is 4.96. The first-order valence-electron chi connectivity index (χ1n) is 22.5. The van der Waals surface area contributed by atoms with E-state index >= 15 is 0 Å². The van der Waals surface area contributed by atoms with Gasteiger partial charge < -0.3 is 9.80 Å². The minimum Gasteiger partial charge on any atom is -0.309 e. The molecule has 2 heteroatoms. The zero-order valence-corrected chi connectivity index (χ0v) is 36.7. The van der Waals surface area contributed by atoms with E-state index in [4.69, 9.17) is 0 Å². The van der Waals surface area contributed by atoms with Crippen molar-refractivity contribution in [2.45, 2.75) is 38.5 Å². The number of fused-ring (bicyclic) bond motifs is 10. The number of anilines is 6. The lowest BCUT2D eigenvalue weighted by Gasteiger charge is -2.45. The molecule has 0 aliphatic heterocycles. The molecular formula is C62H48N2. The van der Waals surface area contributed by atoms with E-state index in [9.17, 15) is 0 Å². The highest BCUT2D eigenvalue weighted by molar-refractivity contribution is 6.26. The monoisotopic (exact) mass is 820 g/mol. The van der Waals surface area contributed by atoms with Gasteiger partial charge in [0, 0.05) is 55.1 Å². The Kier molecular flexibility index (Phi) is 8.58. The first kappa shape index (κ1) is 38.0. The Balaban J connectivity index is 1.25. The number of hydrogen-bond acceptors (Lipinski definition) is 2. The molecule has 2 nitrogen and oxygen atoms in total. The molecule has 64 heavy (non-hydrogen) atoms. The van der Waals surface area contributed by atoms with E-state index in [2.05, 4.69) is 256 Å². The molecule has 1 aliphatic carbocycles. The van der Waals surface area contributed by atoms with Gasteiger partial charge in [-0.3, -0.25) is 0 Å². The van der Waals surface area contributed by atoms with E-state index < -0.39 is 0 Å². The van der Waals surface area contributed by atoms with Gasteiger partial charge >= 0.3 is 0 Å². The second kappa shape index (κ2) is 14.4. The molecule has 0 atom stereocenters. The van der Waals surface area contributed by atoms with Crippen molar-refractivity contribution in [1.29, 1.82) is 0 Å². The highest BCUT2D eigenvalue weighted by atomic mass is 15.2. The Hall–Kier alpha value is -7.68. The maximum absolute atomic E-state index is 2.58. The second-order valence-corrected chi connectivity index (χ2v) is 18.5. The van der Waals surface area contributed by atoms with Crippen LogP contribution in [0.1, 0.15) is 49.9 Å². The number of para-hydroxylation sites is 4. The van der Waals surface area contributed by atoms with Crippen molar-refractivity contribution in [1.82, 2.24) is 0 Å². The lowest BCUT2D eigenvalue weighted by atomic mass is 9.59. The molecule has 0 spiro atoms. The van der Waals surface area contributed by atoms with Crippen molar-refractivity contribution in [2.24, 2.45) is 0 Å². The smallest absolute Gasteiger partial charge is 0.0620 e. The Bertz CT molecular complexity index is 3270. The van der Waals surface area contributed by atoms with Crippen molar-refractivity contribution in [2.75, 3.05) is 9.80 Å². The van der Waals surface area contributed by atoms with Crippen LogP contribution >= 0.6 is 0 Å². The van der Waals surface area contributed by atoms with Gasteiger partial charge in [0.15, 0.2) is 0 Å². The summed E-state index contributed by atoms with van der Waals surface area (Å²) in [6.45, 7) is 9.81. The van der Waals surface area contributed by atoms with Crippen LogP contribution in [0.3, 0.4) is 0 Å².